The maximum Gasteiger partial charge on any atom is 0.253 e. The summed E-state index contributed by atoms with van der Waals surface area (Å²) in [5, 5.41) is 5.56. The van der Waals surface area contributed by atoms with E-state index < -0.39 is 5.24 Å². The summed E-state index contributed by atoms with van der Waals surface area (Å²) < 4.78 is 13.4. The summed E-state index contributed by atoms with van der Waals surface area (Å²) in [6, 6.07) is 24.0. The van der Waals surface area contributed by atoms with Crippen molar-refractivity contribution in [1.29, 1.82) is 0 Å². The molecule has 1 aliphatic heterocycles. The van der Waals surface area contributed by atoms with E-state index in [9.17, 15) is 14.0 Å². The molecule has 44 heavy (non-hydrogen) atoms. The number of carbonyl (C=O) groups is 2. The van der Waals surface area contributed by atoms with Crippen LogP contribution in [0.3, 0.4) is 0 Å². The standard InChI is InChI=1S/C25H25FN4O.C10H6ClNO/c26-20-5-6-21-22(16-29-24(21)14-20)17-7-10-30(11-8-17)12-9-27-25(31)19-13-18-3-1-2-4-23(18)28-15-19;11-10(13)8-5-7-3-1-2-4-9(7)12-6-8/h1-6,13-17,29H,7-12H2,(H,27,31);1-6H. The van der Waals surface area contributed by atoms with Gasteiger partial charge < -0.3 is 15.2 Å². The topological polar surface area (TPSA) is 91.0 Å². The van der Waals surface area contributed by atoms with Crippen LogP contribution in [0.25, 0.3) is 32.7 Å². The van der Waals surface area contributed by atoms with Crippen LogP contribution in [-0.2, 0) is 0 Å². The average Bonchev–Trinajstić information content (AvgIpc) is 3.48. The molecule has 0 atom stereocenters. The van der Waals surface area contributed by atoms with Crippen LogP contribution in [0, 0.1) is 5.82 Å². The van der Waals surface area contributed by atoms with Gasteiger partial charge in [-0.2, -0.15) is 0 Å². The Balaban J connectivity index is 0.000000220. The van der Waals surface area contributed by atoms with Crippen LogP contribution in [0.15, 0.2) is 97.5 Å². The maximum atomic E-state index is 13.4. The van der Waals surface area contributed by atoms with Gasteiger partial charge in [0, 0.05) is 53.4 Å². The Morgan fingerprint density at radius 2 is 1.52 bits per heavy atom. The van der Waals surface area contributed by atoms with E-state index in [-0.39, 0.29) is 11.7 Å². The van der Waals surface area contributed by atoms with Crippen molar-refractivity contribution in [3.8, 4) is 0 Å². The van der Waals surface area contributed by atoms with Gasteiger partial charge in [-0.05, 0) is 91.5 Å². The Kier molecular flexibility index (Phi) is 8.91. The van der Waals surface area contributed by atoms with Gasteiger partial charge in [0.05, 0.1) is 22.2 Å². The number of likely N-dealkylation sites (tertiary alicyclic amines) is 1. The molecule has 1 saturated heterocycles. The van der Waals surface area contributed by atoms with Gasteiger partial charge in [-0.15, -0.1) is 0 Å². The summed E-state index contributed by atoms with van der Waals surface area (Å²) in [6.45, 7) is 3.43. The number of hydrogen-bond acceptors (Lipinski definition) is 5. The number of halogens is 2. The zero-order chi connectivity index (χ0) is 30.5. The minimum atomic E-state index is -0.474. The summed E-state index contributed by atoms with van der Waals surface area (Å²) in [6.07, 6.45) is 7.27. The minimum Gasteiger partial charge on any atom is -0.361 e. The van der Waals surface area contributed by atoms with Crippen molar-refractivity contribution in [3.05, 3.63) is 120 Å². The van der Waals surface area contributed by atoms with Crippen molar-refractivity contribution in [2.75, 3.05) is 26.2 Å². The first-order valence-electron chi connectivity index (χ1n) is 14.6. The summed E-state index contributed by atoms with van der Waals surface area (Å²) >= 11 is 5.32. The predicted octanol–water partition coefficient (Wildman–Crippen LogP) is 7.08. The third-order valence-corrected chi connectivity index (χ3v) is 8.31. The lowest BCUT2D eigenvalue weighted by Gasteiger charge is -2.32. The number of pyridine rings is 2. The number of aromatic amines is 1. The molecule has 9 heteroatoms. The number of nitrogens with zero attached hydrogens (tertiary/aromatic N) is 3. The van der Waals surface area contributed by atoms with Crippen molar-refractivity contribution in [3.63, 3.8) is 0 Å². The quantitative estimate of drug-likeness (QED) is 0.198. The highest BCUT2D eigenvalue weighted by molar-refractivity contribution is 6.67. The molecule has 7 nitrogen and oxygen atoms in total. The SMILES string of the molecule is O=C(Cl)c1cnc2ccccc2c1.O=C(NCCN1CCC(c2c[nH]c3cc(F)ccc23)CC1)c1cnc2ccccc2c1. The fourth-order valence-electron chi connectivity index (χ4n) is 5.73. The Bertz CT molecular complexity index is 1950. The second kappa shape index (κ2) is 13.3. The second-order valence-electron chi connectivity index (χ2n) is 10.9. The fourth-order valence-corrected chi connectivity index (χ4v) is 5.83. The zero-order valence-corrected chi connectivity index (χ0v) is 24.7. The van der Waals surface area contributed by atoms with E-state index in [1.54, 1.807) is 18.3 Å². The molecule has 222 valence electrons. The van der Waals surface area contributed by atoms with E-state index in [2.05, 4.69) is 25.2 Å². The van der Waals surface area contributed by atoms with E-state index >= 15 is 0 Å². The first-order valence-corrected chi connectivity index (χ1v) is 15.0. The highest BCUT2D eigenvalue weighted by Crippen LogP contribution is 2.33. The van der Waals surface area contributed by atoms with Gasteiger partial charge in [0.2, 0.25) is 0 Å². The van der Waals surface area contributed by atoms with Crippen molar-refractivity contribution >= 4 is 55.5 Å². The Hall–Kier alpha value is -4.66. The number of carbonyl (C=O) groups excluding carboxylic acids is 2. The molecule has 3 aromatic heterocycles. The van der Waals surface area contributed by atoms with Gasteiger partial charge in [-0.3, -0.25) is 19.6 Å². The van der Waals surface area contributed by atoms with E-state index in [0.717, 1.165) is 65.2 Å². The maximum absolute atomic E-state index is 13.4. The number of rotatable bonds is 6. The molecule has 4 heterocycles. The predicted molar refractivity (Wildman–Crippen MR) is 173 cm³/mol. The first-order chi connectivity index (χ1) is 21.4. The molecule has 0 spiro atoms. The van der Waals surface area contributed by atoms with Crippen LogP contribution < -0.4 is 5.32 Å². The van der Waals surface area contributed by atoms with Crippen LogP contribution >= 0.6 is 11.6 Å². The number of para-hydroxylation sites is 2. The van der Waals surface area contributed by atoms with E-state index in [1.807, 2.05) is 66.9 Å². The highest BCUT2D eigenvalue weighted by Gasteiger charge is 2.23. The third kappa shape index (κ3) is 6.77. The van der Waals surface area contributed by atoms with Crippen molar-refractivity contribution < 1.29 is 14.0 Å². The smallest absolute Gasteiger partial charge is 0.253 e. The number of piperidine rings is 1. The summed E-state index contributed by atoms with van der Waals surface area (Å²) in [5.41, 5.74) is 4.93. The number of nitrogens with one attached hydrogen (secondary N) is 2. The number of benzene rings is 3. The molecule has 1 amide bonds. The zero-order valence-electron chi connectivity index (χ0n) is 24.0. The minimum absolute atomic E-state index is 0.0841. The van der Waals surface area contributed by atoms with E-state index in [0.29, 0.717) is 23.6 Å². The normalized spacial score (nSPS) is 14.0. The molecule has 3 aromatic carbocycles. The molecule has 2 N–H and O–H groups in total. The molecule has 6 aromatic rings. The van der Waals surface area contributed by atoms with Crippen LogP contribution in [-0.4, -0.2) is 57.2 Å². The van der Waals surface area contributed by atoms with Crippen molar-refractivity contribution in [2.45, 2.75) is 18.8 Å². The number of aromatic nitrogens is 3. The largest absolute Gasteiger partial charge is 0.361 e. The lowest BCUT2D eigenvalue weighted by molar-refractivity contribution is 0.0945. The van der Waals surface area contributed by atoms with Crippen LogP contribution in [0.5, 0.6) is 0 Å². The van der Waals surface area contributed by atoms with E-state index in [4.69, 9.17) is 11.6 Å². The van der Waals surface area contributed by atoms with Crippen LogP contribution in [0.2, 0.25) is 0 Å². The van der Waals surface area contributed by atoms with Crippen LogP contribution in [0.1, 0.15) is 45.0 Å². The Morgan fingerprint density at radius 1 is 0.886 bits per heavy atom. The highest BCUT2D eigenvalue weighted by atomic mass is 35.5. The van der Waals surface area contributed by atoms with Gasteiger partial charge in [0.25, 0.3) is 11.1 Å². The van der Waals surface area contributed by atoms with Gasteiger partial charge >= 0.3 is 0 Å². The second-order valence-corrected chi connectivity index (χ2v) is 11.3. The number of amides is 1. The summed E-state index contributed by atoms with van der Waals surface area (Å²) in [7, 11) is 0. The lowest BCUT2D eigenvalue weighted by Crippen LogP contribution is -2.39. The molecule has 0 unspecified atom stereocenters. The molecule has 0 aliphatic carbocycles. The number of fused-ring (bicyclic) bond motifs is 3. The molecule has 0 bridgehead atoms. The lowest BCUT2D eigenvalue weighted by atomic mass is 9.89. The molecule has 1 fully saturated rings. The molecule has 0 radical (unpaired) electrons. The molecular weight excluding hydrogens is 577 g/mol. The Morgan fingerprint density at radius 3 is 2.20 bits per heavy atom. The molecule has 0 saturated carbocycles. The van der Waals surface area contributed by atoms with Crippen LogP contribution in [0.4, 0.5) is 4.39 Å². The fraction of sp³-hybridized carbons (Fsp3) is 0.200. The van der Waals surface area contributed by atoms with Crippen molar-refractivity contribution in [1.82, 2.24) is 25.2 Å². The van der Waals surface area contributed by atoms with Gasteiger partial charge in [0.15, 0.2) is 0 Å². The third-order valence-electron chi connectivity index (χ3n) is 8.09. The summed E-state index contributed by atoms with van der Waals surface area (Å²) in [4.78, 5) is 37.4. The summed E-state index contributed by atoms with van der Waals surface area (Å²) in [5.74, 6) is 0.185. The molecule has 7 rings (SSSR count). The number of H-pyrrole nitrogens is 1. The molecular formula is C35H31ClFN5O2. The van der Waals surface area contributed by atoms with E-state index in [1.165, 1.54) is 17.8 Å². The molecule has 1 aliphatic rings. The van der Waals surface area contributed by atoms with Gasteiger partial charge in [-0.25, -0.2) is 4.39 Å². The Labute approximate surface area is 259 Å². The van der Waals surface area contributed by atoms with Crippen molar-refractivity contribution in [2.24, 2.45) is 0 Å². The average molecular weight is 608 g/mol. The monoisotopic (exact) mass is 607 g/mol. The number of hydrogen-bond donors (Lipinski definition) is 2. The first kappa shape index (κ1) is 29.4. The van der Waals surface area contributed by atoms with Gasteiger partial charge in [0.1, 0.15) is 5.82 Å². The van der Waals surface area contributed by atoms with Gasteiger partial charge in [-0.1, -0.05) is 36.4 Å².